The van der Waals surface area contributed by atoms with Gasteiger partial charge in [0.05, 0.1) is 31.8 Å². The average molecular weight is 993 g/mol. The van der Waals surface area contributed by atoms with Gasteiger partial charge in [0.15, 0.2) is 30.2 Å². The lowest BCUT2D eigenvalue weighted by atomic mass is 9.66. The Bertz CT molecular complexity index is 2040. The van der Waals surface area contributed by atoms with Crippen LogP contribution in [-0.2, 0) is 62.2 Å². The number of alkyl carbamates (subject to hydrolysis) is 1. The number of carbonyl (C=O) groups is 6. The smallest absolute Gasteiger partial charge is 0.408 e. The van der Waals surface area contributed by atoms with Crippen LogP contribution in [0.5, 0.6) is 0 Å². The molecule has 13 atom stereocenters. The molecule has 0 radical (unpaired) electrons. The van der Waals surface area contributed by atoms with E-state index < -0.39 is 145 Å². The van der Waals surface area contributed by atoms with Crippen molar-refractivity contribution < 1.29 is 94.2 Å². The number of nitrogens with two attached hydrogens (primary N) is 3. The second-order valence-electron chi connectivity index (χ2n) is 17.7. The fraction of sp³-hybridized carbons (Fsp3) is 0.775. The van der Waals surface area contributed by atoms with Crippen molar-refractivity contribution in [1.82, 2.24) is 20.9 Å². The molecule has 0 aromatic rings. The average Bonchev–Trinajstić information content (AvgIpc) is 3.86. The molecule has 27 nitrogen and oxygen atoms in total. The number of ether oxygens (including phenoxy) is 6. The first kappa shape index (κ1) is 54.0. The highest BCUT2D eigenvalue weighted by molar-refractivity contribution is 7.80. The number of piperidine rings is 1. The van der Waals surface area contributed by atoms with Gasteiger partial charge in [-0.2, -0.15) is 0 Å². The number of carbonyl (C=O) groups excluding carboxylic acids is 6. The van der Waals surface area contributed by atoms with Crippen LogP contribution in [0.1, 0.15) is 72.1 Å². The normalized spacial score (nSPS) is 30.8. The summed E-state index contributed by atoms with van der Waals surface area (Å²) in [5, 5.41) is 41.4. The SMILES string of the molecule is CCCCCC(=O)OC1C(O[C@@H]2C[C@H]3C(O)C4(C2)OC(=O)N[C@H]4[C@H](C(=O)NCCC2=CC[N+](=C(N)N)C2)N3C(=O)[C@@H](CC(C)C)NC(=O)C(COS(=O)(=O)[O-])OC)OC(CO)C(O)[C@@H]1OC(N)=O. The Kier molecular flexibility index (Phi) is 18.4. The van der Waals surface area contributed by atoms with E-state index in [4.69, 9.17) is 45.6 Å². The van der Waals surface area contributed by atoms with E-state index >= 15 is 4.79 Å². The zero-order valence-electron chi connectivity index (χ0n) is 38.2. The lowest BCUT2D eigenvalue weighted by Crippen LogP contribution is -2.80. The van der Waals surface area contributed by atoms with E-state index in [-0.39, 0.29) is 37.7 Å². The van der Waals surface area contributed by atoms with Gasteiger partial charge in [-0.1, -0.05) is 33.6 Å². The number of hydrogen-bond donors (Lipinski definition) is 9. The summed E-state index contributed by atoms with van der Waals surface area (Å²) >= 11 is 0. The number of likely N-dealkylation sites (tertiary alicyclic amines) is 1. The van der Waals surface area contributed by atoms with Crippen LogP contribution in [0.25, 0.3) is 0 Å². The molecule has 12 N–H and O–H groups in total. The van der Waals surface area contributed by atoms with E-state index in [1.165, 1.54) is 0 Å². The van der Waals surface area contributed by atoms with Crippen LogP contribution in [0.2, 0.25) is 0 Å². The first-order valence-corrected chi connectivity index (χ1v) is 23.6. The molecule has 3 saturated heterocycles. The summed E-state index contributed by atoms with van der Waals surface area (Å²) in [4.78, 5) is 83.1. The number of esters is 1. The fourth-order valence-electron chi connectivity index (χ4n) is 9.31. The summed E-state index contributed by atoms with van der Waals surface area (Å²) in [5.74, 6) is -3.89. The van der Waals surface area contributed by atoms with Gasteiger partial charge in [-0.15, -0.1) is 0 Å². The number of nitrogens with one attached hydrogen (secondary N) is 3. The molecular formula is C40H64N8O19S. The Balaban J connectivity index is 1.54. The first-order valence-electron chi connectivity index (χ1n) is 22.3. The highest BCUT2D eigenvalue weighted by Gasteiger charge is 2.70. The molecule has 1 aliphatic carbocycles. The number of unbranched alkanes of at least 4 members (excludes halogenated alkanes) is 2. The molecule has 4 aliphatic heterocycles. The van der Waals surface area contributed by atoms with Crippen molar-refractivity contribution in [2.75, 3.05) is 40.0 Å². The Morgan fingerprint density at radius 2 is 1.84 bits per heavy atom. The second kappa shape index (κ2) is 23.1. The third-order valence-electron chi connectivity index (χ3n) is 12.5. The predicted molar refractivity (Wildman–Crippen MR) is 228 cm³/mol. The summed E-state index contributed by atoms with van der Waals surface area (Å²) in [6.07, 6.45) is -12.6. The highest BCUT2D eigenvalue weighted by Crippen LogP contribution is 2.48. The number of aliphatic hydroxyl groups excluding tert-OH is 3. The molecule has 384 valence electrons. The zero-order valence-corrected chi connectivity index (χ0v) is 39.0. The lowest BCUT2D eigenvalue weighted by molar-refractivity contribution is -0.503. The maximum absolute atomic E-state index is 15.2. The van der Waals surface area contributed by atoms with Crippen molar-refractivity contribution in [3.05, 3.63) is 11.6 Å². The van der Waals surface area contributed by atoms with Gasteiger partial charge in [0, 0.05) is 26.5 Å². The third-order valence-corrected chi connectivity index (χ3v) is 12.9. The van der Waals surface area contributed by atoms with E-state index in [0.717, 1.165) is 24.0 Å². The van der Waals surface area contributed by atoms with E-state index in [1.54, 1.807) is 18.4 Å². The molecule has 0 aromatic carbocycles. The molecule has 5 amide bonds. The zero-order chi connectivity index (χ0) is 50.2. The van der Waals surface area contributed by atoms with Gasteiger partial charge in [-0.3, -0.25) is 39.4 Å². The molecule has 5 rings (SSSR count). The predicted octanol–water partition coefficient (Wildman–Crippen LogP) is -4.26. The van der Waals surface area contributed by atoms with Crippen molar-refractivity contribution in [2.45, 2.75) is 151 Å². The quantitative estimate of drug-likeness (QED) is 0.00725. The van der Waals surface area contributed by atoms with Gasteiger partial charge in [0.25, 0.3) is 5.91 Å². The number of methoxy groups -OCH3 is 1. The number of nitrogens with zero attached hydrogens (tertiary/aromatic N) is 2. The van der Waals surface area contributed by atoms with Crippen LogP contribution in [-0.4, -0.2) is 198 Å². The standard InChI is InChI=1S/C40H64N8O19S/c1-5-6-7-8-26(50)65-30-29(66-38(43)56)28(51)24(17-49)64-36(30)63-21-14-23-32(52)40(15-21)31(46-39(57)67-40)27(34(54)44-11-9-20-10-12-47(16-20)37(41)42)48(23)35(55)22(13-19(2)3)45-33(53)25(61-4)18-62-68(58,59)60/h10,19,21-25,27-32,36,49,51-52H,5-9,11-18H2,1-4H3,(H9,41,42,43,44,45,46,53,54,56,57,58,59,60)/t21-,22-,23+,24?,25?,27-,28?,29+,30?,31+,32?,36?,40?/m1/s1. The monoisotopic (exact) mass is 992 g/mol. The Hall–Kier alpha value is -4.94. The molecule has 1 spiro atoms. The van der Waals surface area contributed by atoms with Crippen molar-refractivity contribution in [3.8, 4) is 0 Å². The summed E-state index contributed by atoms with van der Waals surface area (Å²) in [6, 6.07) is -6.18. The number of rotatable bonds is 22. The largest absolute Gasteiger partial charge is 0.726 e. The van der Waals surface area contributed by atoms with Crippen LogP contribution in [0.3, 0.4) is 0 Å². The number of amides is 5. The summed E-state index contributed by atoms with van der Waals surface area (Å²) in [5.41, 5.74) is 15.7. The minimum absolute atomic E-state index is 0.0171. The molecule has 7 unspecified atom stereocenters. The Morgan fingerprint density at radius 1 is 1.12 bits per heavy atom. The van der Waals surface area contributed by atoms with E-state index in [9.17, 15) is 52.3 Å². The van der Waals surface area contributed by atoms with Crippen LogP contribution in [0.4, 0.5) is 9.59 Å². The lowest BCUT2D eigenvalue weighted by Gasteiger charge is -2.58. The maximum atomic E-state index is 15.2. The highest BCUT2D eigenvalue weighted by atomic mass is 32.3. The fourth-order valence-corrected chi connectivity index (χ4v) is 9.60. The van der Waals surface area contributed by atoms with Gasteiger partial charge < -0.3 is 74.9 Å². The van der Waals surface area contributed by atoms with E-state index in [2.05, 4.69) is 20.1 Å². The first-order chi connectivity index (χ1) is 32.0. The molecule has 4 fully saturated rings. The van der Waals surface area contributed by atoms with Gasteiger partial charge in [0.2, 0.25) is 22.2 Å². The van der Waals surface area contributed by atoms with Crippen molar-refractivity contribution in [1.29, 1.82) is 0 Å². The number of aliphatic hydroxyl groups is 3. The number of primary amides is 1. The molecular weight excluding hydrogens is 929 g/mol. The van der Waals surface area contributed by atoms with Crippen molar-refractivity contribution in [2.24, 2.45) is 23.1 Å². The van der Waals surface area contributed by atoms with Crippen LogP contribution in [0.15, 0.2) is 11.6 Å². The Morgan fingerprint density at radius 3 is 2.44 bits per heavy atom. The van der Waals surface area contributed by atoms with Crippen LogP contribution >= 0.6 is 0 Å². The minimum atomic E-state index is -5.28. The van der Waals surface area contributed by atoms with Gasteiger partial charge in [-0.05, 0) is 43.3 Å². The molecule has 68 heavy (non-hydrogen) atoms. The minimum Gasteiger partial charge on any atom is -0.726 e. The molecule has 2 bridgehead atoms. The van der Waals surface area contributed by atoms with Gasteiger partial charge >= 0.3 is 24.1 Å². The van der Waals surface area contributed by atoms with E-state index in [0.29, 0.717) is 32.4 Å². The molecule has 1 saturated carbocycles. The van der Waals surface area contributed by atoms with Crippen LogP contribution in [0, 0.1) is 5.92 Å². The van der Waals surface area contributed by atoms with Gasteiger partial charge in [-0.25, -0.2) is 18.0 Å². The number of hydrogen-bond acceptors (Lipinski definition) is 19. The second-order valence-corrected chi connectivity index (χ2v) is 18.8. The summed E-state index contributed by atoms with van der Waals surface area (Å²) in [6.45, 7) is 4.27. The van der Waals surface area contributed by atoms with Crippen molar-refractivity contribution >= 4 is 52.2 Å². The number of guanidine groups is 1. The number of fused-ring (bicyclic) bond motifs is 1. The van der Waals surface area contributed by atoms with E-state index in [1.807, 2.05) is 13.0 Å². The summed E-state index contributed by atoms with van der Waals surface area (Å²) in [7, 11) is -4.25. The maximum Gasteiger partial charge on any atom is 0.408 e. The van der Waals surface area contributed by atoms with Crippen molar-refractivity contribution in [3.63, 3.8) is 0 Å². The molecule has 5 aliphatic rings. The topological polar surface area (TPSA) is 405 Å². The van der Waals surface area contributed by atoms with Gasteiger partial charge in [0.1, 0.15) is 43.0 Å². The molecule has 4 heterocycles. The Labute approximate surface area is 392 Å². The molecule has 0 aromatic heterocycles. The third kappa shape index (κ3) is 12.8. The molecule has 28 heteroatoms. The van der Waals surface area contributed by atoms with Crippen LogP contribution < -0.4 is 33.2 Å². The summed E-state index contributed by atoms with van der Waals surface area (Å²) < 4.78 is 73.8.